The van der Waals surface area contributed by atoms with E-state index in [9.17, 15) is 4.79 Å². The largest absolute Gasteiger partial charge is 0.478 e. The molecule has 6 heteroatoms. The number of carbonyl (C=O) groups is 1. The average Bonchev–Trinajstić information content (AvgIpc) is 3.12. The summed E-state index contributed by atoms with van der Waals surface area (Å²) < 4.78 is 1.97. The number of carboxylic acid groups (broad SMARTS) is 1. The van der Waals surface area contributed by atoms with Gasteiger partial charge in [-0.2, -0.15) is 0 Å². The van der Waals surface area contributed by atoms with Gasteiger partial charge in [0.1, 0.15) is 5.01 Å². The van der Waals surface area contributed by atoms with E-state index in [4.69, 9.17) is 5.11 Å². The number of aromatic carboxylic acids is 1. The van der Waals surface area contributed by atoms with Gasteiger partial charge in [-0.1, -0.05) is 6.92 Å². The Hall–Kier alpha value is -2.21. The van der Waals surface area contributed by atoms with E-state index in [1.165, 1.54) is 4.88 Å². The normalized spacial score (nSPS) is 12.7. The molecule has 3 rings (SSSR count). The standard InChI is InChI=1S/C15H15N3O2S/c1-3-11-7-16-14(21-11)9(2)18-8-17-12-5-4-10(15(19)20)6-13(12)18/h4-9H,3H2,1-2H3,(H,19,20). The van der Waals surface area contributed by atoms with Gasteiger partial charge in [0.05, 0.1) is 29.0 Å². The van der Waals surface area contributed by atoms with Crippen LogP contribution in [0.3, 0.4) is 0 Å². The highest BCUT2D eigenvalue weighted by molar-refractivity contribution is 7.11. The van der Waals surface area contributed by atoms with E-state index >= 15 is 0 Å². The topological polar surface area (TPSA) is 68.0 Å². The zero-order valence-corrected chi connectivity index (χ0v) is 12.6. The van der Waals surface area contributed by atoms with E-state index in [-0.39, 0.29) is 11.6 Å². The molecule has 3 aromatic rings. The minimum absolute atomic E-state index is 0.0318. The maximum atomic E-state index is 11.1. The predicted molar refractivity (Wildman–Crippen MR) is 82.0 cm³/mol. The quantitative estimate of drug-likeness (QED) is 0.802. The van der Waals surface area contributed by atoms with E-state index in [0.717, 1.165) is 22.5 Å². The lowest BCUT2D eigenvalue weighted by Crippen LogP contribution is -2.05. The molecule has 0 radical (unpaired) electrons. The van der Waals surface area contributed by atoms with Gasteiger partial charge in [0.15, 0.2) is 0 Å². The molecule has 1 unspecified atom stereocenters. The van der Waals surface area contributed by atoms with Crippen molar-refractivity contribution in [3.8, 4) is 0 Å². The van der Waals surface area contributed by atoms with Gasteiger partial charge < -0.3 is 9.67 Å². The van der Waals surface area contributed by atoms with Gasteiger partial charge in [-0.15, -0.1) is 11.3 Å². The SMILES string of the molecule is CCc1cnc(C(C)n2cnc3ccc(C(=O)O)cc32)s1. The Labute approximate surface area is 125 Å². The zero-order chi connectivity index (χ0) is 15.0. The lowest BCUT2D eigenvalue weighted by Gasteiger charge is -2.11. The van der Waals surface area contributed by atoms with E-state index in [1.54, 1.807) is 35.9 Å². The predicted octanol–water partition coefficient (Wildman–Crippen LogP) is 3.36. The first kappa shape index (κ1) is 13.8. The number of hydrogen-bond acceptors (Lipinski definition) is 4. The third-order valence-electron chi connectivity index (χ3n) is 3.52. The molecule has 0 aliphatic heterocycles. The number of aromatic nitrogens is 3. The second-order valence-electron chi connectivity index (χ2n) is 4.85. The lowest BCUT2D eigenvalue weighted by atomic mass is 10.2. The number of nitrogens with zero attached hydrogens (tertiary/aromatic N) is 3. The van der Waals surface area contributed by atoms with Crippen LogP contribution in [-0.4, -0.2) is 25.6 Å². The van der Waals surface area contributed by atoms with Crippen LogP contribution in [0.15, 0.2) is 30.7 Å². The van der Waals surface area contributed by atoms with Crippen LogP contribution in [0, 0.1) is 0 Å². The summed E-state index contributed by atoms with van der Waals surface area (Å²) in [6.07, 6.45) is 4.62. The molecule has 0 fully saturated rings. The molecule has 0 saturated carbocycles. The van der Waals surface area contributed by atoms with Crippen molar-refractivity contribution in [1.29, 1.82) is 0 Å². The molecule has 21 heavy (non-hydrogen) atoms. The Bertz CT molecular complexity index is 806. The molecule has 1 atom stereocenters. The minimum Gasteiger partial charge on any atom is -0.478 e. The van der Waals surface area contributed by atoms with Crippen LogP contribution in [0.5, 0.6) is 0 Å². The molecule has 1 aromatic carbocycles. The summed E-state index contributed by atoms with van der Waals surface area (Å²) in [6.45, 7) is 4.15. The molecule has 0 amide bonds. The molecule has 0 aliphatic carbocycles. The lowest BCUT2D eigenvalue weighted by molar-refractivity contribution is 0.0697. The van der Waals surface area contributed by atoms with Gasteiger partial charge in [0.25, 0.3) is 0 Å². The third kappa shape index (κ3) is 2.42. The fraction of sp³-hybridized carbons (Fsp3) is 0.267. The van der Waals surface area contributed by atoms with E-state index in [1.807, 2.05) is 17.7 Å². The number of imidazole rings is 1. The van der Waals surface area contributed by atoms with Crippen LogP contribution < -0.4 is 0 Å². The van der Waals surface area contributed by atoms with E-state index in [0.29, 0.717) is 0 Å². The van der Waals surface area contributed by atoms with Crippen LogP contribution >= 0.6 is 11.3 Å². The van der Waals surface area contributed by atoms with Gasteiger partial charge >= 0.3 is 5.97 Å². The molecule has 2 aromatic heterocycles. The summed E-state index contributed by atoms with van der Waals surface area (Å²) in [4.78, 5) is 21.2. The number of aryl methyl sites for hydroxylation is 1. The molecule has 0 bridgehead atoms. The van der Waals surface area contributed by atoms with Crippen molar-refractivity contribution in [3.05, 3.63) is 46.2 Å². The first-order valence-electron chi connectivity index (χ1n) is 6.74. The number of thiazole rings is 1. The van der Waals surface area contributed by atoms with Crippen LogP contribution in [0.1, 0.15) is 40.1 Å². The summed E-state index contributed by atoms with van der Waals surface area (Å²) in [6, 6.07) is 5.01. The molecule has 0 spiro atoms. The molecule has 2 heterocycles. The smallest absolute Gasteiger partial charge is 0.335 e. The Morgan fingerprint density at radius 1 is 1.43 bits per heavy atom. The Morgan fingerprint density at radius 2 is 2.24 bits per heavy atom. The van der Waals surface area contributed by atoms with Gasteiger partial charge in [0, 0.05) is 11.1 Å². The fourth-order valence-electron chi connectivity index (χ4n) is 2.27. The van der Waals surface area contributed by atoms with Crippen molar-refractivity contribution in [3.63, 3.8) is 0 Å². The number of carboxylic acids is 1. The Balaban J connectivity index is 2.06. The molecule has 0 saturated heterocycles. The minimum atomic E-state index is -0.931. The first-order valence-corrected chi connectivity index (χ1v) is 7.56. The highest BCUT2D eigenvalue weighted by Crippen LogP contribution is 2.27. The highest BCUT2D eigenvalue weighted by Gasteiger charge is 2.16. The van der Waals surface area contributed by atoms with Gasteiger partial charge in [0.2, 0.25) is 0 Å². The third-order valence-corrected chi connectivity index (χ3v) is 4.83. The molecule has 5 nitrogen and oxygen atoms in total. The van der Waals surface area contributed by atoms with Gasteiger partial charge in [-0.05, 0) is 31.5 Å². The molecule has 108 valence electrons. The van der Waals surface area contributed by atoms with Crippen molar-refractivity contribution in [1.82, 2.24) is 14.5 Å². The van der Waals surface area contributed by atoms with Crippen LogP contribution in [0.2, 0.25) is 0 Å². The highest BCUT2D eigenvalue weighted by atomic mass is 32.1. The fourth-order valence-corrected chi connectivity index (χ4v) is 3.17. The van der Waals surface area contributed by atoms with Crippen molar-refractivity contribution in [2.24, 2.45) is 0 Å². The summed E-state index contributed by atoms with van der Waals surface area (Å²) in [7, 11) is 0. The molecule has 0 aliphatic rings. The summed E-state index contributed by atoms with van der Waals surface area (Å²) in [5.41, 5.74) is 1.87. The Kier molecular flexibility index (Phi) is 3.47. The van der Waals surface area contributed by atoms with Crippen molar-refractivity contribution >= 4 is 28.3 Å². The number of fused-ring (bicyclic) bond motifs is 1. The molecular formula is C15H15N3O2S. The van der Waals surface area contributed by atoms with E-state index in [2.05, 4.69) is 16.9 Å². The van der Waals surface area contributed by atoms with Crippen molar-refractivity contribution in [2.75, 3.05) is 0 Å². The van der Waals surface area contributed by atoms with Crippen molar-refractivity contribution < 1.29 is 9.90 Å². The number of benzene rings is 1. The molecule has 1 N–H and O–H groups in total. The van der Waals surface area contributed by atoms with Crippen LogP contribution in [-0.2, 0) is 6.42 Å². The Morgan fingerprint density at radius 3 is 2.90 bits per heavy atom. The average molecular weight is 301 g/mol. The van der Waals surface area contributed by atoms with E-state index < -0.39 is 5.97 Å². The maximum Gasteiger partial charge on any atom is 0.335 e. The monoisotopic (exact) mass is 301 g/mol. The van der Waals surface area contributed by atoms with Crippen LogP contribution in [0.4, 0.5) is 0 Å². The maximum absolute atomic E-state index is 11.1. The van der Waals surface area contributed by atoms with Crippen LogP contribution in [0.25, 0.3) is 11.0 Å². The molecular weight excluding hydrogens is 286 g/mol. The van der Waals surface area contributed by atoms with Gasteiger partial charge in [-0.25, -0.2) is 14.8 Å². The second kappa shape index (κ2) is 5.29. The second-order valence-corrected chi connectivity index (χ2v) is 6.00. The van der Waals surface area contributed by atoms with Gasteiger partial charge in [-0.3, -0.25) is 0 Å². The zero-order valence-electron chi connectivity index (χ0n) is 11.8. The van der Waals surface area contributed by atoms with Crippen molar-refractivity contribution in [2.45, 2.75) is 26.3 Å². The summed E-state index contributed by atoms with van der Waals surface area (Å²) in [5, 5.41) is 10.1. The number of rotatable bonds is 4. The summed E-state index contributed by atoms with van der Waals surface area (Å²) >= 11 is 1.68. The number of hydrogen-bond donors (Lipinski definition) is 1. The summed E-state index contributed by atoms with van der Waals surface area (Å²) in [5.74, 6) is -0.931. The first-order chi connectivity index (χ1) is 10.1.